The number of nitrogens with two attached hydrogens (primary N) is 1. The molecule has 0 amide bonds. The van der Waals surface area contributed by atoms with Crippen molar-refractivity contribution < 1.29 is 4.39 Å². The van der Waals surface area contributed by atoms with Crippen LogP contribution in [-0.2, 0) is 0 Å². The molecule has 22 heavy (non-hydrogen) atoms. The number of nitrogens with zero attached hydrogens (tertiary/aromatic N) is 3. The van der Waals surface area contributed by atoms with Gasteiger partial charge < -0.3 is 10.7 Å². The second kappa shape index (κ2) is 4.34. The number of rotatable bonds is 2. The molecule has 0 radical (unpaired) electrons. The van der Waals surface area contributed by atoms with Crippen molar-refractivity contribution >= 4 is 16.6 Å². The third kappa shape index (κ3) is 1.65. The Bertz CT molecular complexity index is 907. The number of aryl methyl sites for hydroxylation is 1. The SMILES string of the molecule is Cc1c(N2CCC2)c(F)cc2c(=O)n(N)c(=O)n(C3CC3)c12. The first-order valence-electron chi connectivity index (χ1n) is 7.51. The highest BCUT2D eigenvalue weighted by Gasteiger charge is 2.31. The van der Waals surface area contributed by atoms with Gasteiger partial charge in [0.15, 0.2) is 0 Å². The highest BCUT2D eigenvalue weighted by atomic mass is 19.1. The summed E-state index contributed by atoms with van der Waals surface area (Å²) in [4.78, 5) is 26.6. The molecular weight excluding hydrogens is 287 g/mol. The van der Waals surface area contributed by atoms with E-state index in [1.807, 2.05) is 4.90 Å². The molecular formula is C15H17FN4O2. The third-order valence-electron chi connectivity index (χ3n) is 4.65. The van der Waals surface area contributed by atoms with Crippen molar-refractivity contribution in [1.29, 1.82) is 0 Å². The molecule has 1 aliphatic carbocycles. The van der Waals surface area contributed by atoms with Crippen molar-refractivity contribution in [1.82, 2.24) is 9.24 Å². The highest BCUT2D eigenvalue weighted by molar-refractivity contribution is 5.87. The monoisotopic (exact) mass is 304 g/mol. The largest absolute Gasteiger partial charge is 0.369 e. The Kier molecular flexibility index (Phi) is 2.64. The summed E-state index contributed by atoms with van der Waals surface area (Å²) in [6, 6.07) is 1.28. The van der Waals surface area contributed by atoms with E-state index in [0.29, 0.717) is 21.4 Å². The molecule has 2 aliphatic rings. The molecule has 1 saturated heterocycles. The number of anilines is 1. The molecule has 0 unspecified atom stereocenters. The molecule has 2 aromatic rings. The third-order valence-corrected chi connectivity index (χ3v) is 4.65. The Labute approximate surface area is 125 Å². The summed E-state index contributed by atoms with van der Waals surface area (Å²) < 4.78 is 16.6. The van der Waals surface area contributed by atoms with Gasteiger partial charge in [-0.05, 0) is 32.3 Å². The van der Waals surface area contributed by atoms with Gasteiger partial charge in [0.25, 0.3) is 5.56 Å². The van der Waals surface area contributed by atoms with Crippen LogP contribution in [0, 0.1) is 12.7 Å². The normalized spacial score (nSPS) is 17.8. The zero-order chi connectivity index (χ0) is 15.6. The molecule has 0 atom stereocenters. The van der Waals surface area contributed by atoms with E-state index in [4.69, 9.17) is 5.84 Å². The predicted octanol–water partition coefficient (Wildman–Crippen LogP) is 0.870. The number of aromatic nitrogens is 2. The molecule has 7 heteroatoms. The van der Waals surface area contributed by atoms with Gasteiger partial charge in [0.05, 0.1) is 16.6 Å². The Morgan fingerprint density at radius 2 is 1.95 bits per heavy atom. The van der Waals surface area contributed by atoms with Crippen LogP contribution in [0.4, 0.5) is 10.1 Å². The second-order valence-electron chi connectivity index (χ2n) is 6.13. The van der Waals surface area contributed by atoms with Gasteiger partial charge in [-0.1, -0.05) is 0 Å². The first kappa shape index (κ1) is 13.4. The maximum atomic E-state index is 14.5. The zero-order valence-electron chi connectivity index (χ0n) is 12.3. The van der Waals surface area contributed by atoms with Crippen molar-refractivity contribution in [2.75, 3.05) is 23.8 Å². The standard InChI is InChI=1S/C15H17FN4O2/c1-8-12-10(7-11(16)13(8)18-5-2-6-18)14(21)20(17)15(22)19(12)9-3-4-9/h7,9H,2-6,17H2,1H3. The van der Waals surface area contributed by atoms with Gasteiger partial charge in [-0.3, -0.25) is 9.36 Å². The van der Waals surface area contributed by atoms with Crippen molar-refractivity contribution in [3.63, 3.8) is 0 Å². The molecule has 2 heterocycles. The van der Waals surface area contributed by atoms with Gasteiger partial charge in [-0.15, -0.1) is 0 Å². The maximum Gasteiger partial charge on any atom is 0.350 e. The lowest BCUT2D eigenvalue weighted by atomic mass is 10.0. The predicted molar refractivity (Wildman–Crippen MR) is 82.4 cm³/mol. The fourth-order valence-electron chi connectivity index (χ4n) is 3.26. The summed E-state index contributed by atoms with van der Waals surface area (Å²) in [5.74, 6) is 5.16. The molecule has 0 spiro atoms. The number of nitrogen functional groups attached to an aromatic ring is 1. The fourth-order valence-corrected chi connectivity index (χ4v) is 3.26. The first-order valence-corrected chi connectivity index (χ1v) is 7.51. The Balaban J connectivity index is 2.16. The smallest absolute Gasteiger partial charge is 0.350 e. The molecule has 6 nitrogen and oxygen atoms in total. The average molecular weight is 304 g/mol. The van der Waals surface area contributed by atoms with Gasteiger partial charge in [0, 0.05) is 24.7 Å². The Morgan fingerprint density at radius 3 is 2.50 bits per heavy atom. The number of halogens is 1. The molecule has 1 saturated carbocycles. The van der Waals surface area contributed by atoms with E-state index in [1.54, 1.807) is 11.5 Å². The van der Waals surface area contributed by atoms with Gasteiger partial charge in [-0.25, -0.2) is 9.18 Å². The molecule has 1 aromatic carbocycles. The van der Waals surface area contributed by atoms with Crippen LogP contribution in [0.5, 0.6) is 0 Å². The van der Waals surface area contributed by atoms with E-state index in [0.717, 1.165) is 32.4 Å². The molecule has 1 aliphatic heterocycles. The van der Waals surface area contributed by atoms with Crippen molar-refractivity contribution in [3.05, 3.63) is 38.3 Å². The van der Waals surface area contributed by atoms with E-state index in [2.05, 4.69) is 0 Å². The second-order valence-corrected chi connectivity index (χ2v) is 6.13. The van der Waals surface area contributed by atoms with Crippen LogP contribution in [0.1, 0.15) is 30.9 Å². The Hall–Kier alpha value is -2.31. The minimum absolute atomic E-state index is 0.0544. The van der Waals surface area contributed by atoms with Gasteiger partial charge in [0.1, 0.15) is 5.82 Å². The van der Waals surface area contributed by atoms with Crippen LogP contribution in [0.2, 0.25) is 0 Å². The van der Waals surface area contributed by atoms with Crippen LogP contribution in [0.3, 0.4) is 0 Å². The average Bonchev–Trinajstić information content (AvgIpc) is 3.25. The minimum Gasteiger partial charge on any atom is -0.369 e. The van der Waals surface area contributed by atoms with Crippen molar-refractivity contribution in [3.8, 4) is 0 Å². The van der Waals surface area contributed by atoms with Gasteiger partial charge in [-0.2, -0.15) is 4.68 Å². The lowest BCUT2D eigenvalue weighted by Crippen LogP contribution is -2.45. The first-order chi connectivity index (χ1) is 10.5. The summed E-state index contributed by atoms with van der Waals surface area (Å²) >= 11 is 0. The van der Waals surface area contributed by atoms with Crippen LogP contribution < -0.4 is 22.0 Å². The Morgan fingerprint density at radius 1 is 1.27 bits per heavy atom. The van der Waals surface area contributed by atoms with Gasteiger partial charge >= 0.3 is 5.69 Å². The molecule has 2 fully saturated rings. The van der Waals surface area contributed by atoms with Crippen LogP contribution in [0.15, 0.2) is 15.7 Å². The molecule has 1 aromatic heterocycles. The lowest BCUT2D eigenvalue weighted by molar-refractivity contribution is 0.571. The van der Waals surface area contributed by atoms with E-state index in [-0.39, 0.29) is 11.4 Å². The van der Waals surface area contributed by atoms with E-state index >= 15 is 0 Å². The minimum atomic E-state index is -0.644. The van der Waals surface area contributed by atoms with Crippen LogP contribution in [0.25, 0.3) is 10.9 Å². The lowest BCUT2D eigenvalue weighted by Gasteiger charge is -2.35. The van der Waals surface area contributed by atoms with Crippen LogP contribution in [-0.4, -0.2) is 22.3 Å². The van der Waals surface area contributed by atoms with E-state index in [1.165, 1.54) is 6.07 Å². The van der Waals surface area contributed by atoms with E-state index in [9.17, 15) is 14.0 Å². The van der Waals surface area contributed by atoms with Crippen molar-refractivity contribution in [2.45, 2.75) is 32.2 Å². The van der Waals surface area contributed by atoms with E-state index < -0.39 is 17.1 Å². The summed E-state index contributed by atoms with van der Waals surface area (Å²) in [7, 11) is 0. The van der Waals surface area contributed by atoms with Gasteiger partial charge in [0.2, 0.25) is 0 Å². The molecule has 0 bridgehead atoms. The highest BCUT2D eigenvalue weighted by Crippen LogP contribution is 2.38. The van der Waals surface area contributed by atoms with Crippen molar-refractivity contribution in [2.24, 2.45) is 0 Å². The molecule has 116 valence electrons. The summed E-state index contributed by atoms with van der Waals surface area (Å²) in [5, 5.41) is 0.174. The summed E-state index contributed by atoms with van der Waals surface area (Å²) in [5.41, 5.74) is 0.513. The summed E-state index contributed by atoms with van der Waals surface area (Å²) in [6.07, 6.45) is 2.78. The molecule has 2 N–H and O–H groups in total. The summed E-state index contributed by atoms with van der Waals surface area (Å²) in [6.45, 7) is 3.37. The quantitative estimate of drug-likeness (QED) is 0.836. The zero-order valence-corrected chi connectivity index (χ0v) is 12.3. The number of fused-ring (bicyclic) bond motifs is 1. The number of hydrogen-bond donors (Lipinski definition) is 1. The topological polar surface area (TPSA) is 73.3 Å². The van der Waals surface area contributed by atoms with Crippen LogP contribution >= 0.6 is 0 Å². The fraction of sp³-hybridized carbons (Fsp3) is 0.467. The molecule has 4 rings (SSSR count). The number of hydrogen-bond acceptors (Lipinski definition) is 4. The maximum absolute atomic E-state index is 14.5. The number of benzene rings is 1.